The molecule has 6 amide bonds. The maximum Gasteiger partial charge on any atom is 0.320 e. The van der Waals surface area contributed by atoms with Gasteiger partial charge in [0.25, 0.3) is 11.8 Å². The Balaban J connectivity index is 1.63. The van der Waals surface area contributed by atoms with Crippen molar-refractivity contribution in [2.45, 2.75) is 111 Å². The third-order valence-electron chi connectivity index (χ3n) is 12.1. The van der Waals surface area contributed by atoms with E-state index in [1.807, 2.05) is 51.1 Å². The molecule has 0 saturated heterocycles. The lowest BCUT2D eigenvalue weighted by atomic mass is 9.82. The maximum absolute atomic E-state index is 15.3. The van der Waals surface area contributed by atoms with E-state index in [1.54, 1.807) is 30.7 Å². The summed E-state index contributed by atoms with van der Waals surface area (Å²) in [5.74, 6) is -9.20. The zero-order valence-electron chi connectivity index (χ0n) is 40.9. The number of aliphatic carboxylic acids is 1. The predicted molar refractivity (Wildman–Crippen MR) is 256 cm³/mol. The number of imide groups is 1. The van der Waals surface area contributed by atoms with Gasteiger partial charge in [-0.3, -0.25) is 48.1 Å². The van der Waals surface area contributed by atoms with Gasteiger partial charge in [0.1, 0.15) is 42.2 Å². The summed E-state index contributed by atoms with van der Waals surface area (Å²) in [6, 6.07) is 9.15. The molecule has 3 aromatic rings. The minimum atomic E-state index is -1.40. The smallest absolute Gasteiger partial charge is 0.320 e. The van der Waals surface area contributed by atoms with Crippen molar-refractivity contribution in [3.8, 4) is 11.1 Å². The van der Waals surface area contributed by atoms with Crippen molar-refractivity contribution in [1.29, 1.82) is 0 Å². The highest BCUT2D eigenvalue weighted by Crippen LogP contribution is 2.41. The number of hydrogen-bond donors (Lipinski definition) is 6. The number of aromatic nitrogens is 1. The molecule has 0 fully saturated rings. The van der Waals surface area contributed by atoms with Crippen LogP contribution in [0.1, 0.15) is 97.4 Å². The number of carbonyl (C=O) groups is 9. The Kier molecular flexibility index (Phi) is 20.6. The average molecular weight is 990 g/mol. The summed E-state index contributed by atoms with van der Waals surface area (Å²) in [5, 5.41) is 27.4. The molecule has 2 aromatic carbocycles. The van der Waals surface area contributed by atoms with Gasteiger partial charge in [-0.1, -0.05) is 65.0 Å². The molecule has 20 heteroatoms. The molecule has 0 bridgehead atoms. The lowest BCUT2D eigenvalue weighted by Gasteiger charge is -2.41. The number of nitrogens with one attached hydrogen (secondary N) is 3. The van der Waals surface area contributed by atoms with E-state index in [2.05, 4.69) is 16.0 Å². The highest BCUT2D eigenvalue weighted by Gasteiger charge is 2.39. The summed E-state index contributed by atoms with van der Waals surface area (Å²) >= 11 is 0. The lowest BCUT2D eigenvalue weighted by Crippen LogP contribution is -2.55. The lowest BCUT2D eigenvalue weighted by molar-refractivity contribution is -0.141. The molecule has 1 aliphatic rings. The molecule has 0 unspecified atom stereocenters. The molecule has 0 saturated carbocycles. The van der Waals surface area contributed by atoms with Gasteiger partial charge in [-0.15, -0.1) is 0 Å². The molecule has 1 aliphatic heterocycles. The minimum Gasteiger partial charge on any atom is -0.480 e. The largest absolute Gasteiger partial charge is 0.480 e. The first-order chi connectivity index (χ1) is 33.4. The normalized spacial score (nSPS) is 14.7. The maximum atomic E-state index is 15.3. The number of carboxylic acid groups (broad SMARTS) is 1. The molecule has 4 rings (SSSR count). The number of aliphatic hydroxyl groups excluding tert-OH is 1. The van der Waals surface area contributed by atoms with Gasteiger partial charge in [0, 0.05) is 80.0 Å². The van der Waals surface area contributed by atoms with Crippen LogP contribution < -0.4 is 21.7 Å². The molecule has 7 N–H and O–H groups in total. The van der Waals surface area contributed by atoms with Crippen molar-refractivity contribution in [3.05, 3.63) is 95.8 Å². The van der Waals surface area contributed by atoms with E-state index in [9.17, 15) is 52.6 Å². The van der Waals surface area contributed by atoms with Crippen LogP contribution in [0.2, 0.25) is 0 Å². The van der Waals surface area contributed by atoms with E-state index in [0.29, 0.717) is 11.3 Å². The molecule has 71 heavy (non-hydrogen) atoms. The average Bonchev–Trinajstić information content (AvgIpc) is 3.86. The Morgan fingerprint density at radius 1 is 0.831 bits per heavy atom. The monoisotopic (exact) mass is 989 g/mol. The van der Waals surface area contributed by atoms with Crippen LogP contribution in [0.3, 0.4) is 0 Å². The van der Waals surface area contributed by atoms with E-state index in [-0.39, 0.29) is 69.5 Å². The number of nitrogens with zero attached hydrogens (tertiary/aromatic N) is 3. The summed E-state index contributed by atoms with van der Waals surface area (Å²) in [5.41, 5.74) is 6.28. The van der Waals surface area contributed by atoms with Crippen molar-refractivity contribution in [2.24, 2.45) is 23.0 Å². The summed E-state index contributed by atoms with van der Waals surface area (Å²) in [7, 11) is 0. The van der Waals surface area contributed by atoms with E-state index in [1.165, 1.54) is 11.8 Å². The second-order valence-electron chi connectivity index (χ2n) is 19.1. The number of carboxylic acids is 1. The Morgan fingerprint density at radius 2 is 1.49 bits per heavy atom. The number of Topliss-reactive ketones (excluding diaryl/α,β-unsaturated/α-hetero) is 2. The Bertz CT molecular complexity index is 2450. The third-order valence-corrected chi connectivity index (χ3v) is 12.1. The second kappa shape index (κ2) is 25.8. The summed E-state index contributed by atoms with van der Waals surface area (Å²) in [6.45, 7) is 8.64. The fourth-order valence-electron chi connectivity index (χ4n) is 8.21. The molecule has 0 radical (unpaired) electrons. The van der Waals surface area contributed by atoms with E-state index in [4.69, 9.17) is 10.8 Å². The van der Waals surface area contributed by atoms with Crippen LogP contribution >= 0.6 is 0 Å². The highest BCUT2D eigenvalue weighted by molar-refractivity contribution is 6.14. The van der Waals surface area contributed by atoms with Gasteiger partial charge in [-0.05, 0) is 67.3 Å². The van der Waals surface area contributed by atoms with Crippen molar-refractivity contribution >= 4 is 53.0 Å². The predicted octanol–water partition coefficient (Wildman–Crippen LogP) is 3.58. The fraction of sp³-hybridized carbons (Fsp3) is 0.471. The zero-order chi connectivity index (χ0) is 52.7. The van der Waals surface area contributed by atoms with Crippen LogP contribution in [-0.4, -0.2) is 122 Å². The molecule has 384 valence electrons. The number of benzene rings is 2. The van der Waals surface area contributed by atoms with Crippen LogP contribution in [-0.2, 0) is 49.7 Å². The molecule has 5 atom stereocenters. The number of carbonyl (C=O) groups excluding carboxylic acids is 8. The van der Waals surface area contributed by atoms with Gasteiger partial charge in [0.2, 0.25) is 23.6 Å². The van der Waals surface area contributed by atoms with Gasteiger partial charge in [0.05, 0.1) is 12.6 Å². The number of rotatable bonds is 27. The molecular weight excluding hydrogens is 925 g/mol. The highest BCUT2D eigenvalue weighted by atomic mass is 19.1. The first-order valence-corrected chi connectivity index (χ1v) is 23.4. The molecular formula is C51H65F2N7O11. The van der Waals surface area contributed by atoms with Crippen molar-refractivity contribution in [1.82, 2.24) is 30.3 Å². The van der Waals surface area contributed by atoms with Crippen LogP contribution in [0, 0.1) is 28.9 Å². The number of aliphatic hydroxyl groups is 1. The zero-order valence-corrected chi connectivity index (χ0v) is 40.9. The van der Waals surface area contributed by atoms with Crippen molar-refractivity contribution < 1.29 is 62.1 Å². The first kappa shape index (κ1) is 56.7. The summed E-state index contributed by atoms with van der Waals surface area (Å²) < 4.78 is 31.7. The number of amides is 6. The molecule has 0 spiro atoms. The molecule has 2 heterocycles. The number of halogens is 2. The SMILES string of the molecule is CC(C)[C@H](CC(=O)CN1C(=O)C=CC1=O)C(=O)N[C@@H](C)C(=O)N[C@@H](CCN(C(=O)CO)[C@@H](c1cc(-c2cc(F)ccc2F)cn1Cc1ccccc1)C(C)(C)C)C(=O)NCCCC(=O)CC[C@H](N)C(=O)O. The quantitative estimate of drug-likeness (QED) is 0.0473. The van der Waals surface area contributed by atoms with Crippen LogP contribution in [0.4, 0.5) is 8.78 Å². The van der Waals surface area contributed by atoms with Gasteiger partial charge in [-0.25, -0.2) is 8.78 Å². The van der Waals surface area contributed by atoms with E-state index >= 15 is 4.39 Å². The van der Waals surface area contributed by atoms with Crippen LogP contribution in [0.25, 0.3) is 11.1 Å². The third kappa shape index (κ3) is 16.3. The molecule has 0 aliphatic carbocycles. The van der Waals surface area contributed by atoms with Crippen molar-refractivity contribution in [3.63, 3.8) is 0 Å². The van der Waals surface area contributed by atoms with Gasteiger partial charge in [0.15, 0.2) is 5.78 Å². The standard InChI is InChI=1S/C51H65F2N7O11/c1-30(2)37(25-36(63)28-60-43(64)18-19-44(60)65)48(68)56-31(3)47(67)57-41(49(69)55-21-10-13-35(62)15-17-40(54)50(70)71)20-22-59(45(66)29-61)46(51(4,5)6)42-23-33(38-24-34(52)14-16-39(38)53)27-58(42)26-32-11-8-7-9-12-32/h7-9,11-12,14,16,18-19,23-24,27,30-31,37,40-41,46,61H,10,13,15,17,20-22,25-26,28-29,54H2,1-6H3,(H,55,69)(H,56,68)(H,57,67)(H,70,71)/t31-,37-,40-,41-,46-/m0/s1. The minimum absolute atomic E-state index is 0.0239. The van der Waals surface area contributed by atoms with Gasteiger partial charge >= 0.3 is 5.97 Å². The van der Waals surface area contributed by atoms with E-state index < -0.39 is 113 Å². The Hall–Kier alpha value is -6.93. The first-order valence-electron chi connectivity index (χ1n) is 23.4. The van der Waals surface area contributed by atoms with Gasteiger partial charge in [-0.2, -0.15) is 0 Å². The van der Waals surface area contributed by atoms with Gasteiger partial charge < -0.3 is 41.4 Å². The van der Waals surface area contributed by atoms with Crippen LogP contribution in [0.5, 0.6) is 0 Å². The Morgan fingerprint density at radius 3 is 2.10 bits per heavy atom. The van der Waals surface area contributed by atoms with Crippen LogP contribution in [0.15, 0.2) is 72.9 Å². The second-order valence-corrected chi connectivity index (χ2v) is 19.1. The summed E-state index contributed by atoms with van der Waals surface area (Å²) in [6.07, 6.45) is 3.04. The Labute approximate surface area is 411 Å². The number of ketones is 2. The molecule has 1 aromatic heterocycles. The fourth-order valence-corrected chi connectivity index (χ4v) is 8.21. The van der Waals surface area contributed by atoms with E-state index in [0.717, 1.165) is 40.8 Å². The van der Waals surface area contributed by atoms with Crippen molar-refractivity contribution in [2.75, 3.05) is 26.2 Å². The topological polar surface area (TPSA) is 268 Å². The number of nitrogens with two attached hydrogens (primary N) is 1. The molecule has 18 nitrogen and oxygen atoms in total. The summed E-state index contributed by atoms with van der Waals surface area (Å²) in [4.78, 5) is 118. The number of hydrogen-bond acceptors (Lipinski definition) is 11.